The number of hydrogen-bond acceptors (Lipinski definition) is 22. The van der Waals surface area contributed by atoms with E-state index in [0.717, 1.165) is 28.7 Å². The zero-order valence-corrected chi connectivity index (χ0v) is 62.7. The highest BCUT2D eigenvalue weighted by Crippen LogP contribution is 2.23. The van der Waals surface area contributed by atoms with Crippen molar-refractivity contribution < 1.29 is 103 Å². The van der Waals surface area contributed by atoms with E-state index in [-0.39, 0.29) is 50.1 Å². The van der Waals surface area contributed by atoms with Gasteiger partial charge in [0.2, 0.25) is 70.9 Å². The lowest BCUT2D eigenvalue weighted by Gasteiger charge is -2.36. The summed E-state index contributed by atoms with van der Waals surface area (Å²) in [4.78, 5) is 207. The predicted molar refractivity (Wildman–Crippen MR) is 393 cm³/mol. The number of aliphatic hydroxyl groups is 4. The molecule has 4 aromatic rings. The van der Waals surface area contributed by atoms with E-state index in [0.29, 0.717) is 47.4 Å². The van der Waals surface area contributed by atoms with Gasteiger partial charge in [-0.3, -0.25) is 62.3 Å². The van der Waals surface area contributed by atoms with E-state index in [1.54, 1.807) is 74.5 Å². The van der Waals surface area contributed by atoms with Gasteiger partial charge in [0.1, 0.15) is 78.3 Å². The minimum absolute atomic E-state index is 0.0668. The Hall–Kier alpha value is -11.0. The average molecular weight is 1540 g/mol. The molecule has 2 heterocycles. The maximum Gasteiger partial charge on any atom is 0.326 e. The molecule has 37 heteroatoms. The summed E-state index contributed by atoms with van der Waals surface area (Å²) in [7, 11) is 4.60. The Morgan fingerprint density at radius 1 is 0.564 bits per heavy atom. The van der Waals surface area contributed by atoms with Crippen LogP contribution in [0.25, 0.3) is 0 Å². The van der Waals surface area contributed by atoms with E-state index >= 15 is 4.79 Å². The Kier molecular flexibility index (Phi) is 35.3. The number of nitrogens with two attached hydrogens (primary N) is 2. The van der Waals surface area contributed by atoms with Crippen molar-refractivity contribution in [2.75, 3.05) is 61.0 Å². The number of aliphatic carboxylic acids is 2. The molecule has 602 valence electrons. The third-order valence-electron chi connectivity index (χ3n) is 18.7. The minimum Gasteiger partial charge on any atom is -0.508 e. The highest BCUT2D eigenvalue weighted by atomic mass is 16.4. The van der Waals surface area contributed by atoms with Crippen LogP contribution in [0, 0.1) is 5.92 Å². The number of unbranched alkanes of at least 4 members (excludes halogenated alkanes) is 1. The molecule has 12 amide bonds. The monoisotopic (exact) mass is 1540 g/mol. The molecule has 1 fully saturated rings. The summed E-state index contributed by atoms with van der Waals surface area (Å²) in [6.07, 6.45) is -1.23. The van der Waals surface area contributed by atoms with Gasteiger partial charge in [-0.2, -0.15) is 0 Å². The number of aliphatic hydroxyl groups excluding tert-OH is 4. The largest absolute Gasteiger partial charge is 0.508 e. The highest BCUT2D eigenvalue weighted by Gasteiger charge is 2.44. The zero-order chi connectivity index (χ0) is 81.8. The number of rotatable bonds is 43. The van der Waals surface area contributed by atoms with Gasteiger partial charge < -0.3 is 114 Å². The van der Waals surface area contributed by atoms with Gasteiger partial charge in [-0.1, -0.05) is 86.6 Å². The number of H-pyrrole nitrogens is 1. The van der Waals surface area contributed by atoms with Crippen LogP contribution in [0.15, 0.2) is 97.5 Å². The molecule has 1 aliphatic heterocycles. The second kappa shape index (κ2) is 43.3. The standard InChI is InChI=1S/C73H104N16O21/c1-40(2)60(72(108)89-29-17-23-53(89)64(100)79-48(73(109)110)22-15-16-28-74)83-67(103)61(42(4)93)84-63(99)49(30-45-24-26-47(94)27-25-45)80-62(98)50(33-46-35-76-39-77-46)81-66(102)56(38-91)88(8)69(105)52(37-90)82-65(101)54(31-43-18-11-9-12-19-43)86(6)70(106)55(32-44-20-13-10-14-21-44)87(7)68(104)51(34-58(96)97)78-57(95)36-85(5)71(107)59(75)41(3)92/h9-14,18-21,24-27,35,39-42,48-56,59-61,90-94H,15-17,22-23,28-34,36-38,74-75H2,1-8H3,(H,76,77)(H,78,95)(H,79,100)(H,80,98)(H,81,102)(H,82,101)(H,83,103)(H,84,99)(H,96,97)(H,109,110)/t41-,42-,48+,49+,50+,51+,52+,53+,54+,55+,56+,59+,60+,61+/m1/s1. The fourth-order valence-corrected chi connectivity index (χ4v) is 12.2. The van der Waals surface area contributed by atoms with Crippen molar-refractivity contribution >= 4 is 82.8 Å². The number of nitrogens with one attached hydrogen (secondary N) is 8. The molecule has 0 aliphatic carbocycles. The van der Waals surface area contributed by atoms with Crippen LogP contribution in [0.2, 0.25) is 0 Å². The van der Waals surface area contributed by atoms with Crippen LogP contribution in [0.1, 0.15) is 88.6 Å². The number of imidazole rings is 1. The first-order valence-corrected chi connectivity index (χ1v) is 35.8. The van der Waals surface area contributed by atoms with Crippen LogP contribution in [0.5, 0.6) is 5.75 Å². The van der Waals surface area contributed by atoms with Gasteiger partial charge in [0.05, 0.1) is 50.4 Å². The van der Waals surface area contributed by atoms with E-state index in [9.17, 15) is 98.1 Å². The number of carboxylic acids is 2. The smallest absolute Gasteiger partial charge is 0.326 e. The number of aromatic hydroxyl groups is 1. The lowest BCUT2D eigenvalue weighted by Crippen LogP contribution is -2.63. The normalized spacial score (nSPS) is 16.2. The van der Waals surface area contributed by atoms with E-state index in [2.05, 4.69) is 47.2 Å². The lowest BCUT2D eigenvalue weighted by atomic mass is 9.99. The van der Waals surface area contributed by atoms with Crippen molar-refractivity contribution in [3.8, 4) is 5.75 Å². The molecule has 5 rings (SSSR count). The van der Waals surface area contributed by atoms with E-state index in [1.807, 2.05) is 0 Å². The Morgan fingerprint density at radius 3 is 1.63 bits per heavy atom. The van der Waals surface area contributed by atoms with Crippen molar-refractivity contribution in [1.29, 1.82) is 0 Å². The van der Waals surface area contributed by atoms with E-state index < -0.39 is 206 Å². The van der Waals surface area contributed by atoms with Crippen LogP contribution in [-0.4, -0.2) is 299 Å². The first-order chi connectivity index (χ1) is 52.0. The first kappa shape index (κ1) is 89.6. The number of aromatic nitrogens is 2. The van der Waals surface area contributed by atoms with Crippen molar-refractivity contribution in [1.82, 2.24) is 71.7 Å². The van der Waals surface area contributed by atoms with Gasteiger partial charge in [0.15, 0.2) is 0 Å². The SMILES string of the molecule is CC(C)[C@H](NC(=O)[C@@H](NC(=O)[C@H](Cc1ccc(O)cc1)NC(=O)[C@H](Cc1c[nH]cn1)NC(=O)[C@H](CO)N(C)C(=O)[C@H](CO)NC(=O)[C@H](Cc1ccccc1)N(C)C(=O)[C@H](Cc1ccccc1)N(C)C(=O)[C@H](CC(=O)O)NC(=O)CN(C)C(=O)[C@@H](N)[C@@H](C)O)[C@@H](C)O)C(=O)N1CCC[C@H]1C(=O)N[C@@H](CCCCN)C(=O)O. The quantitative estimate of drug-likeness (QED) is 0.0185. The lowest BCUT2D eigenvalue weighted by molar-refractivity contribution is -0.151. The minimum atomic E-state index is -1.95. The zero-order valence-electron chi connectivity index (χ0n) is 62.7. The van der Waals surface area contributed by atoms with Crippen LogP contribution >= 0.6 is 0 Å². The number of hydrogen-bond donors (Lipinski definition) is 17. The third-order valence-corrected chi connectivity index (χ3v) is 18.7. The number of carbonyl (C=O) groups excluding carboxylic acids is 12. The topological polar surface area (TPSA) is 562 Å². The fraction of sp³-hybridized carbons (Fsp3) is 0.521. The van der Waals surface area contributed by atoms with E-state index in [1.165, 1.54) is 69.8 Å². The molecule has 19 N–H and O–H groups in total. The summed E-state index contributed by atoms with van der Waals surface area (Å²) in [5.74, 6) is -15.8. The molecule has 110 heavy (non-hydrogen) atoms. The second-order valence-electron chi connectivity index (χ2n) is 27.5. The molecule has 0 radical (unpaired) electrons. The molecule has 0 spiro atoms. The van der Waals surface area contributed by atoms with Crippen LogP contribution in [0.4, 0.5) is 0 Å². The number of likely N-dealkylation sites (tertiary alicyclic amines) is 1. The van der Waals surface area contributed by atoms with E-state index in [4.69, 9.17) is 11.5 Å². The summed E-state index contributed by atoms with van der Waals surface area (Å²) in [6, 6.07) is 2.43. The maximum absolute atomic E-state index is 15.2. The third kappa shape index (κ3) is 26.1. The Bertz CT molecular complexity index is 3780. The predicted octanol–water partition coefficient (Wildman–Crippen LogP) is -4.87. The molecule has 0 bridgehead atoms. The van der Waals surface area contributed by atoms with Gasteiger partial charge in [0.25, 0.3) is 0 Å². The summed E-state index contributed by atoms with van der Waals surface area (Å²) >= 11 is 0. The highest BCUT2D eigenvalue weighted by molar-refractivity contribution is 6.00. The molecule has 14 atom stereocenters. The number of nitrogens with zero attached hydrogens (tertiary/aromatic N) is 6. The van der Waals surface area contributed by atoms with Gasteiger partial charge in [0, 0.05) is 66.6 Å². The van der Waals surface area contributed by atoms with Gasteiger partial charge in [-0.15, -0.1) is 0 Å². The van der Waals surface area contributed by atoms with Gasteiger partial charge in [-0.05, 0) is 87.2 Å². The number of likely N-dealkylation sites (N-methyl/N-ethyl adjacent to an activating group) is 4. The summed E-state index contributed by atoms with van der Waals surface area (Å²) in [5.41, 5.74) is 12.7. The molecule has 1 aliphatic rings. The Labute approximate surface area is 635 Å². The summed E-state index contributed by atoms with van der Waals surface area (Å²) < 4.78 is 0. The van der Waals surface area contributed by atoms with Crippen molar-refractivity contribution in [3.05, 3.63) is 120 Å². The van der Waals surface area contributed by atoms with Crippen molar-refractivity contribution in [2.45, 2.75) is 177 Å². The van der Waals surface area contributed by atoms with Crippen molar-refractivity contribution in [3.63, 3.8) is 0 Å². The van der Waals surface area contributed by atoms with Crippen LogP contribution < -0.4 is 48.7 Å². The number of amides is 12. The number of phenolic OH excluding ortho intramolecular Hbond substituents is 1. The van der Waals surface area contributed by atoms with Crippen LogP contribution in [0.3, 0.4) is 0 Å². The molecular formula is C73H104N16O21. The van der Waals surface area contributed by atoms with Crippen molar-refractivity contribution in [2.24, 2.45) is 17.4 Å². The summed E-state index contributed by atoms with van der Waals surface area (Å²) in [6.45, 7) is 2.91. The number of benzene rings is 3. The second-order valence-corrected chi connectivity index (χ2v) is 27.5. The molecular weight excluding hydrogens is 1440 g/mol. The fourth-order valence-electron chi connectivity index (χ4n) is 12.2. The van der Waals surface area contributed by atoms with Gasteiger partial charge in [-0.25, -0.2) is 9.78 Å². The van der Waals surface area contributed by atoms with Crippen LogP contribution in [-0.2, 0) is 92.8 Å². The molecule has 3 aromatic carbocycles. The molecule has 1 aromatic heterocycles. The Morgan fingerprint density at radius 2 is 1.09 bits per heavy atom. The molecule has 1 saturated heterocycles. The maximum atomic E-state index is 15.2. The van der Waals surface area contributed by atoms with Gasteiger partial charge >= 0.3 is 11.9 Å². The number of carboxylic acid groups (broad SMARTS) is 2. The number of phenols is 1. The summed E-state index contributed by atoms with van der Waals surface area (Å²) in [5, 5.41) is 90.0. The molecule has 0 saturated carbocycles. The Balaban J connectivity index is 1.40. The average Bonchev–Trinajstić information content (AvgIpc) is 1.12. The molecule has 37 nitrogen and oxygen atoms in total. The first-order valence-electron chi connectivity index (χ1n) is 35.8. The number of aromatic amines is 1. The molecule has 0 unspecified atom stereocenters. The number of carbonyl (C=O) groups is 14.